The number of carbonyl (C=O) groups is 2. The van der Waals surface area contributed by atoms with Crippen LogP contribution in [0.2, 0.25) is 0 Å². The molecule has 1 atom stereocenters. The molecule has 3 aromatic carbocycles. The first-order chi connectivity index (χ1) is 16.1. The van der Waals surface area contributed by atoms with E-state index in [1.807, 2.05) is 60.7 Å². The van der Waals surface area contributed by atoms with Crippen molar-refractivity contribution < 1.29 is 18.7 Å². The highest BCUT2D eigenvalue weighted by molar-refractivity contribution is 5.82. The second kappa shape index (κ2) is 8.58. The van der Waals surface area contributed by atoms with Crippen LogP contribution in [-0.2, 0) is 15.1 Å². The van der Waals surface area contributed by atoms with E-state index in [1.54, 1.807) is 21.9 Å². The number of piperazine rings is 1. The van der Waals surface area contributed by atoms with Gasteiger partial charge in [-0.25, -0.2) is 9.18 Å². The summed E-state index contributed by atoms with van der Waals surface area (Å²) < 4.78 is 19.3. The maximum atomic E-state index is 13.1. The maximum absolute atomic E-state index is 13.1. The zero-order valence-electron chi connectivity index (χ0n) is 18.0. The minimum atomic E-state index is -1.01. The third-order valence-corrected chi connectivity index (χ3v) is 6.38. The molecule has 2 aliphatic heterocycles. The standard InChI is InChI=1S/C26H24FN3O3/c27-21-11-13-22(14-12-21)28-17-24(31)29-15-16-30-23(18-29)26(33-25(30)32,19-7-3-1-4-8-19)20-9-5-2-6-10-20/h1-14,23,28H,15-18H2. The minimum Gasteiger partial charge on any atom is -0.431 e. The third kappa shape index (κ3) is 3.80. The van der Waals surface area contributed by atoms with Crippen LogP contribution in [0, 0.1) is 5.82 Å². The number of anilines is 1. The number of carbonyl (C=O) groups excluding carboxylic acids is 2. The third-order valence-electron chi connectivity index (χ3n) is 6.38. The molecular formula is C26H24FN3O3. The number of hydrogen-bond donors (Lipinski definition) is 1. The van der Waals surface area contributed by atoms with Crippen molar-refractivity contribution >= 4 is 17.7 Å². The van der Waals surface area contributed by atoms with Gasteiger partial charge in [-0.1, -0.05) is 60.7 Å². The van der Waals surface area contributed by atoms with Gasteiger partial charge in [-0.05, 0) is 24.3 Å². The molecule has 1 N–H and O–H groups in total. The molecule has 3 aromatic rings. The first-order valence-electron chi connectivity index (χ1n) is 11.0. The van der Waals surface area contributed by atoms with E-state index in [0.717, 1.165) is 11.1 Å². The van der Waals surface area contributed by atoms with Crippen LogP contribution in [-0.4, -0.2) is 54.0 Å². The van der Waals surface area contributed by atoms with Gasteiger partial charge in [-0.3, -0.25) is 9.69 Å². The van der Waals surface area contributed by atoms with Crippen molar-refractivity contribution in [2.45, 2.75) is 11.6 Å². The molecule has 5 rings (SSSR count). The summed E-state index contributed by atoms with van der Waals surface area (Å²) in [7, 11) is 0. The molecule has 0 aromatic heterocycles. The molecule has 2 fully saturated rings. The number of fused-ring (bicyclic) bond motifs is 1. The zero-order valence-corrected chi connectivity index (χ0v) is 18.0. The van der Waals surface area contributed by atoms with Gasteiger partial charge in [0.2, 0.25) is 5.91 Å². The lowest BCUT2D eigenvalue weighted by molar-refractivity contribution is -0.132. The van der Waals surface area contributed by atoms with Gasteiger partial charge >= 0.3 is 6.09 Å². The number of rotatable bonds is 5. The largest absolute Gasteiger partial charge is 0.431 e. The van der Waals surface area contributed by atoms with Crippen LogP contribution in [0.15, 0.2) is 84.9 Å². The van der Waals surface area contributed by atoms with E-state index in [1.165, 1.54) is 12.1 Å². The van der Waals surface area contributed by atoms with E-state index in [0.29, 0.717) is 25.3 Å². The monoisotopic (exact) mass is 445 g/mol. The molecule has 168 valence electrons. The van der Waals surface area contributed by atoms with E-state index in [-0.39, 0.29) is 30.4 Å². The van der Waals surface area contributed by atoms with Gasteiger partial charge in [0.1, 0.15) is 11.9 Å². The summed E-state index contributed by atoms with van der Waals surface area (Å²) in [6.07, 6.45) is -0.371. The summed E-state index contributed by atoms with van der Waals surface area (Å²) in [6, 6.07) is 24.9. The predicted octanol–water partition coefficient (Wildman–Crippen LogP) is 3.84. The lowest BCUT2D eigenvalue weighted by Crippen LogP contribution is -2.59. The summed E-state index contributed by atoms with van der Waals surface area (Å²) in [5.74, 6) is -0.416. The highest BCUT2D eigenvalue weighted by Crippen LogP contribution is 2.45. The molecule has 2 aliphatic rings. The maximum Gasteiger partial charge on any atom is 0.411 e. The average molecular weight is 445 g/mol. The number of benzene rings is 3. The molecule has 0 spiro atoms. The summed E-state index contributed by atoms with van der Waals surface area (Å²) in [6.45, 7) is 1.25. The molecule has 2 saturated heterocycles. The highest BCUT2D eigenvalue weighted by Gasteiger charge is 2.58. The van der Waals surface area contributed by atoms with Crippen LogP contribution in [0.25, 0.3) is 0 Å². The average Bonchev–Trinajstić information content (AvgIpc) is 3.17. The molecule has 2 amide bonds. The molecule has 2 heterocycles. The Morgan fingerprint density at radius 1 is 0.939 bits per heavy atom. The van der Waals surface area contributed by atoms with Crippen LogP contribution >= 0.6 is 0 Å². The number of nitrogens with one attached hydrogen (secondary N) is 1. The van der Waals surface area contributed by atoms with Crippen molar-refractivity contribution in [3.05, 3.63) is 102 Å². The summed E-state index contributed by atoms with van der Waals surface area (Å²) in [5, 5.41) is 3.05. The Balaban J connectivity index is 1.42. The Bertz CT molecular complexity index is 1100. The Kier molecular flexibility index (Phi) is 5.46. The van der Waals surface area contributed by atoms with Crippen molar-refractivity contribution in [2.75, 3.05) is 31.5 Å². The number of ether oxygens (including phenoxy) is 1. The van der Waals surface area contributed by atoms with E-state index >= 15 is 0 Å². The fourth-order valence-electron chi connectivity index (χ4n) is 4.74. The smallest absolute Gasteiger partial charge is 0.411 e. The van der Waals surface area contributed by atoms with Crippen molar-refractivity contribution in [3.63, 3.8) is 0 Å². The van der Waals surface area contributed by atoms with Gasteiger partial charge in [0, 0.05) is 36.4 Å². The summed E-state index contributed by atoms with van der Waals surface area (Å²) >= 11 is 0. The number of hydrogen-bond acceptors (Lipinski definition) is 4. The molecule has 7 heteroatoms. The van der Waals surface area contributed by atoms with Gasteiger partial charge in [-0.2, -0.15) is 0 Å². The molecular weight excluding hydrogens is 421 g/mol. The summed E-state index contributed by atoms with van der Waals surface area (Å²) in [4.78, 5) is 29.5. The molecule has 0 aliphatic carbocycles. The van der Waals surface area contributed by atoms with Crippen LogP contribution in [0.5, 0.6) is 0 Å². The number of nitrogens with zero attached hydrogens (tertiary/aromatic N) is 2. The van der Waals surface area contributed by atoms with Crippen molar-refractivity contribution in [3.8, 4) is 0 Å². The van der Waals surface area contributed by atoms with Crippen molar-refractivity contribution in [1.82, 2.24) is 9.80 Å². The van der Waals surface area contributed by atoms with Gasteiger partial charge in [0.05, 0.1) is 6.54 Å². The SMILES string of the molecule is O=C(CNc1ccc(F)cc1)N1CCN2C(=O)OC(c3ccccc3)(c3ccccc3)C2C1. The second-order valence-electron chi connectivity index (χ2n) is 8.25. The Labute approximate surface area is 191 Å². The Morgan fingerprint density at radius 3 is 2.15 bits per heavy atom. The predicted molar refractivity (Wildman–Crippen MR) is 122 cm³/mol. The molecule has 33 heavy (non-hydrogen) atoms. The van der Waals surface area contributed by atoms with Gasteiger partial charge in [-0.15, -0.1) is 0 Å². The van der Waals surface area contributed by atoms with Gasteiger partial charge in [0.15, 0.2) is 5.60 Å². The molecule has 6 nitrogen and oxygen atoms in total. The van der Waals surface area contributed by atoms with E-state index in [4.69, 9.17) is 4.74 Å². The Hall–Kier alpha value is -3.87. The van der Waals surface area contributed by atoms with Crippen LogP contribution in [0.1, 0.15) is 11.1 Å². The normalized spacial score (nSPS) is 19.1. The van der Waals surface area contributed by atoms with Crippen molar-refractivity contribution in [1.29, 1.82) is 0 Å². The second-order valence-corrected chi connectivity index (χ2v) is 8.25. The van der Waals surface area contributed by atoms with Crippen LogP contribution < -0.4 is 5.32 Å². The molecule has 1 unspecified atom stereocenters. The van der Waals surface area contributed by atoms with E-state index < -0.39 is 5.60 Å². The van der Waals surface area contributed by atoms with E-state index in [2.05, 4.69) is 5.32 Å². The highest BCUT2D eigenvalue weighted by atomic mass is 19.1. The molecule has 0 radical (unpaired) electrons. The first kappa shape index (κ1) is 21.0. The number of amides is 2. The van der Waals surface area contributed by atoms with Gasteiger partial charge in [0.25, 0.3) is 0 Å². The fourth-order valence-corrected chi connectivity index (χ4v) is 4.74. The van der Waals surface area contributed by atoms with Crippen molar-refractivity contribution in [2.24, 2.45) is 0 Å². The number of halogens is 1. The fraction of sp³-hybridized carbons (Fsp3) is 0.231. The lowest BCUT2D eigenvalue weighted by atomic mass is 9.79. The number of cyclic esters (lactones) is 1. The Morgan fingerprint density at radius 2 is 1.55 bits per heavy atom. The molecule has 0 saturated carbocycles. The quantitative estimate of drug-likeness (QED) is 0.648. The summed E-state index contributed by atoms with van der Waals surface area (Å²) in [5.41, 5.74) is 1.40. The van der Waals surface area contributed by atoms with E-state index in [9.17, 15) is 14.0 Å². The van der Waals surface area contributed by atoms with Gasteiger partial charge < -0.3 is 15.0 Å². The topological polar surface area (TPSA) is 61.9 Å². The lowest BCUT2D eigenvalue weighted by Gasteiger charge is -2.42. The van der Waals surface area contributed by atoms with Crippen LogP contribution in [0.4, 0.5) is 14.9 Å². The first-order valence-corrected chi connectivity index (χ1v) is 11.0. The zero-order chi connectivity index (χ0) is 22.8. The minimum absolute atomic E-state index is 0.0802. The van der Waals surface area contributed by atoms with Crippen LogP contribution in [0.3, 0.4) is 0 Å². The molecule has 0 bridgehead atoms.